The summed E-state index contributed by atoms with van der Waals surface area (Å²) in [5.41, 5.74) is 6.90. The van der Waals surface area contributed by atoms with Gasteiger partial charge in [0.1, 0.15) is 17.7 Å². The molecule has 0 aromatic heterocycles. The van der Waals surface area contributed by atoms with Crippen molar-refractivity contribution >= 4 is 0 Å². The Balaban J connectivity index is 2.29. The zero-order valence-electron chi connectivity index (χ0n) is 8.75. The van der Waals surface area contributed by atoms with Gasteiger partial charge in [0.05, 0.1) is 6.61 Å². The lowest BCUT2D eigenvalue weighted by Gasteiger charge is -2.30. The Bertz CT molecular complexity index is 419. The van der Waals surface area contributed by atoms with Crippen molar-refractivity contribution in [1.29, 1.82) is 0 Å². The molecule has 1 saturated heterocycles. The van der Waals surface area contributed by atoms with Crippen LogP contribution in [0.5, 0.6) is 0 Å². The molecule has 0 saturated carbocycles. The first kappa shape index (κ1) is 11.2. The summed E-state index contributed by atoms with van der Waals surface area (Å²) in [6, 6.07) is 2.92. The summed E-state index contributed by atoms with van der Waals surface area (Å²) in [7, 11) is 0. The van der Waals surface area contributed by atoms with E-state index in [1.807, 2.05) is 0 Å². The lowest BCUT2D eigenvalue weighted by Crippen LogP contribution is -2.36. The molecule has 0 bridgehead atoms. The van der Waals surface area contributed by atoms with Gasteiger partial charge in [-0.3, -0.25) is 0 Å². The van der Waals surface area contributed by atoms with Gasteiger partial charge in [-0.15, -0.1) is 0 Å². The van der Waals surface area contributed by atoms with Crippen molar-refractivity contribution in [2.75, 3.05) is 6.61 Å². The molecule has 86 valence electrons. The second-order valence-electron chi connectivity index (χ2n) is 4.02. The van der Waals surface area contributed by atoms with Crippen molar-refractivity contribution in [2.45, 2.75) is 18.6 Å². The monoisotopic (exact) mass is 225 g/mol. The van der Waals surface area contributed by atoms with Crippen LogP contribution in [0.15, 0.2) is 30.4 Å². The maximum Gasteiger partial charge on any atom is 0.129 e. The lowest BCUT2D eigenvalue weighted by molar-refractivity contribution is 0.0245. The predicted molar refractivity (Wildman–Crippen MR) is 56.8 cm³/mol. The zero-order chi connectivity index (χ0) is 11.7. The van der Waals surface area contributed by atoms with Crippen LogP contribution in [0.3, 0.4) is 0 Å². The second kappa shape index (κ2) is 4.31. The Morgan fingerprint density at radius 2 is 2.12 bits per heavy atom. The van der Waals surface area contributed by atoms with Gasteiger partial charge in [0.15, 0.2) is 0 Å². The summed E-state index contributed by atoms with van der Waals surface area (Å²) < 4.78 is 31.9. The summed E-state index contributed by atoms with van der Waals surface area (Å²) >= 11 is 0. The van der Waals surface area contributed by atoms with Gasteiger partial charge in [0, 0.05) is 11.6 Å². The molecule has 1 fully saturated rings. The van der Waals surface area contributed by atoms with Crippen LogP contribution < -0.4 is 5.73 Å². The molecule has 1 aromatic carbocycles. The van der Waals surface area contributed by atoms with Gasteiger partial charge in [-0.2, -0.15) is 0 Å². The minimum absolute atomic E-state index is 0.181. The maximum absolute atomic E-state index is 13.5. The van der Waals surface area contributed by atoms with E-state index >= 15 is 0 Å². The van der Waals surface area contributed by atoms with Crippen LogP contribution in [0, 0.1) is 11.6 Å². The summed E-state index contributed by atoms with van der Waals surface area (Å²) in [6.45, 7) is 4.10. The number of nitrogens with two attached hydrogens (primary N) is 1. The molecular weight excluding hydrogens is 212 g/mol. The van der Waals surface area contributed by atoms with Gasteiger partial charge in [0.2, 0.25) is 0 Å². The molecule has 1 aliphatic heterocycles. The van der Waals surface area contributed by atoms with E-state index in [0.29, 0.717) is 13.0 Å². The van der Waals surface area contributed by atoms with E-state index < -0.39 is 17.7 Å². The summed E-state index contributed by atoms with van der Waals surface area (Å²) in [4.78, 5) is 0. The fraction of sp³-hybridized carbons (Fsp3) is 0.333. The number of hydrogen-bond donors (Lipinski definition) is 1. The SMILES string of the molecule is C=C1COC(c2cc(F)ccc2F)[C@@H](N)C1. The quantitative estimate of drug-likeness (QED) is 0.744. The van der Waals surface area contributed by atoms with Gasteiger partial charge in [-0.1, -0.05) is 12.2 Å². The molecule has 1 heterocycles. The van der Waals surface area contributed by atoms with Crippen LogP contribution in [0.25, 0.3) is 0 Å². The van der Waals surface area contributed by atoms with Gasteiger partial charge in [0.25, 0.3) is 0 Å². The molecule has 2 rings (SSSR count). The Morgan fingerprint density at radius 3 is 2.81 bits per heavy atom. The van der Waals surface area contributed by atoms with Crippen LogP contribution in [0.4, 0.5) is 8.78 Å². The molecule has 1 aliphatic rings. The molecule has 2 nitrogen and oxygen atoms in total. The van der Waals surface area contributed by atoms with Crippen molar-refractivity contribution < 1.29 is 13.5 Å². The van der Waals surface area contributed by atoms with Crippen molar-refractivity contribution in [3.05, 3.63) is 47.5 Å². The van der Waals surface area contributed by atoms with E-state index in [-0.39, 0.29) is 11.6 Å². The molecule has 2 atom stereocenters. The average Bonchev–Trinajstić information content (AvgIpc) is 2.22. The van der Waals surface area contributed by atoms with Crippen LogP contribution >= 0.6 is 0 Å². The minimum Gasteiger partial charge on any atom is -0.367 e. The van der Waals surface area contributed by atoms with Gasteiger partial charge in [-0.25, -0.2) is 8.78 Å². The van der Waals surface area contributed by atoms with Gasteiger partial charge in [-0.05, 0) is 24.6 Å². The normalized spacial score (nSPS) is 25.8. The largest absolute Gasteiger partial charge is 0.367 e. The topological polar surface area (TPSA) is 35.2 Å². The van der Waals surface area contributed by atoms with Crippen molar-refractivity contribution in [3.63, 3.8) is 0 Å². The third-order valence-corrected chi connectivity index (χ3v) is 2.64. The standard InChI is InChI=1S/C12H13F2NO/c1-7-4-11(15)12(16-6-7)9-5-8(13)2-3-10(9)14/h2-3,5,11-12H,1,4,6,15H2/t11-,12?/m0/s1. The minimum atomic E-state index is -0.596. The molecule has 2 N–H and O–H groups in total. The molecule has 0 amide bonds. The lowest BCUT2D eigenvalue weighted by atomic mass is 9.94. The van der Waals surface area contributed by atoms with Crippen molar-refractivity contribution in [1.82, 2.24) is 0 Å². The van der Waals surface area contributed by atoms with E-state index in [0.717, 1.165) is 23.8 Å². The Morgan fingerprint density at radius 1 is 1.38 bits per heavy atom. The number of rotatable bonds is 1. The molecule has 1 unspecified atom stereocenters. The van der Waals surface area contributed by atoms with Gasteiger partial charge < -0.3 is 10.5 Å². The van der Waals surface area contributed by atoms with Crippen molar-refractivity contribution in [2.24, 2.45) is 5.73 Å². The Kier molecular flexibility index (Phi) is 3.03. The van der Waals surface area contributed by atoms with E-state index in [1.54, 1.807) is 0 Å². The number of benzene rings is 1. The van der Waals surface area contributed by atoms with Crippen LogP contribution in [-0.4, -0.2) is 12.6 Å². The Labute approximate surface area is 92.7 Å². The first-order chi connectivity index (χ1) is 7.58. The zero-order valence-corrected chi connectivity index (χ0v) is 8.75. The highest BCUT2D eigenvalue weighted by molar-refractivity contribution is 5.24. The summed E-state index contributed by atoms with van der Waals surface area (Å²) in [5, 5.41) is 0. The van der Waals surface area contributed by atoms with Crippen LogP contribution in [0.1, 0.15) is 18.1 Å². The number of halogens is 2. The van der Waals surface area contributed by atoms with Crippen molar-refractivity contribution in [3.8, 4) is 0 Å². The second-order valence-corrected chi connectivity index (χ2v) is 4.02. The smallest absolute Gasteiger partial charge is 0.129 e. The third-order valence-electron chi connectivity index (χ3n) is 2.64. The van der Waals surface area contributed by atoms with Gasteiger partial charge >= 0.3 is 0 Å². The van der Waals surface area contributed by atoms with E-state index in [4.69, 9.17) is 10.5 Å². The number of hydrogen-bond acceptors (Lipinski definition) is 2. The highest BCUT2D eigenvalue weighted by Gasteiger charge is 2.28. The van der Waals surface area contributed by atoms with E-state index in [9.17, 15) is 8.78 Å². The summed E-state index contributed by atoms with van der Waals surface area (Å²) in [6.07, 6.45) is -0.0261. The third kappa shape index (κ3) is 2.13. The van der Waals surface area contributed by atoms with Crippen LogP contribution in [-0.2, 0) is 4.74 Å². The summed E-state index contributed by atoms with van der Waals surface area (Å²) in [5.74, 6) is -0.981. The maximum atomic E-state index is 13.5. The molecule has 16 heavy (non-hydrogen) atoms. The molecule has 0 spiro atoms. The number of ether oxygens (including phenoxy) is 1. The molecule has 0 radical (unpaired) electrons. The highest BCUT2D eigenvalue weighted by Crippen LogP contribution is 2.30. The van der Waals surface area contributed by atoms with E-state index in [2.05, 4.69) is 6.58 Å². The fourth-order valence-corrected chi connectivity index (χ4v) is 1.88. The Hall–Kier alpha value is -1.26. The highest BCUT2D eigenvalue weighted by atomic mass is 19.1. The van der Waals surface area contributed by atoms with E-state index in [1.165, 1.54) is 0 Å². The first-order valence-corrected chi connectivity index (χ1v) is 5.06. The molecule has 4 heteroatoms. The molecule has 0 aliphatic carbocycles. The average molecular weight is 225 g/mol. The molecule has 1 aromatic rings. The van der Waals surface area contributed by atoms with Crippen LogP contribution in [0.2, 0.25) is 0 Å². The first-order valence-electron chi connectivity index (χ1n) is 5.06. The fourth-order valence-electron chi connectivity index (χ4n) is 1.88. The predicted octanol–water partition coefficient (Wildman–Crippen LogP) is 2.31. The molecular formula is C12H13F2NO.